The third kappa shape index (κ3) is 3.57. The minimum Gasteiger partial charge on any atom is -0.381 e. The summed E-state index contributed by atoms with van der Waals surface area (Å²) in [4.78, 5) is 5.16. The summed E-state index contributed by atoms with van der Waals surface area (Å²) >= 11 is 1.87. The zero-order valence-corrected chi connectivity index (χ0v) is 13.5. The molecule has 1 aromatic heterocycles. The van der Waals surface area contributed by atoms with E-state index in [0.29, 0.717) is 0 Å². The molecule has 2 aromatic rings. The van der Waals surface area contributed by atoms with E-state index in [9.17, 15) is 0 Å². The number of aryl methyl sites for hydroxylation is 2. The molecule has 0 unspecified atom stereocenters. The van der Waals surface area contributed by atoms with E-state index in [-0.39, 0.29) is 0 Å². The molecule has 21 heavy (non-hydrogen) atoms. The Kier molecular flexibility index (Phi) is 4.46. The highest BCUT2D eigenvalue weighted by Gasteiger charge is 2.10. The Balaban J connectivity index is 1.60. The van der Waals surface area contributed by atoms with Gasteiger partial charge in [0.1, 0.15) is 0 Å². The average molecular weight is 302 g/mol. The lowest BCUT2D eigenvalue weighted by molar-refractivity contribution is 0.122. The molecule has 1 N–H and O–H groups in total. The lowest BCUT2D eigenvalue weighted by Crippen LogP contribution is -2.36. The highest BCUT2D eigenvalue weighted by Crippen LogP contribution is 2.23. The summed E-state index contributed by atoms with van der Waals surface area (Å²) in [7, 11) is 0. The molecule has 0 saturated carbocycles. The molecule has 3 nitrogen and oxygen atoms in total. The monoisotopic (exact) mass is 302 g/mol. The first kappa shape index (κ1) is 14.4. The normalized spacial score (nSPS) is 15.2. The fraction of sp³-hybridized carbons (Fsp3) is 0.412. The quantitative estimate of drug-likeness (QED) is 0.929. The highest BCUT2D eigenvalue weighted by molar-refractivity contribution is 7.12. The Bertz CT molecular complexity index is 585. The molecular formula is C17H22N2OS. The maximum Gasteiger partial charge on any atom is 0.0642 e. The molecule has 4 heteroatoms. The van der Waals surface area contributed by atoms with Crippen molar-refractivity contribution in [1.29, 1.82) is 0 Å². The van der Waals surface area contributed by atoms with Crippen LogP contribution in [0, 0.1) is 13.8 Å². The van der Waals surface area contributed by atoms with E-state index in [1.807, 2.05) is 11.3 Å². The summed E-state index contributed by atoms with van der Waals surface area (Å²) in [6, 6.07) is 11.0. The van der Waals surface area contributed by atoms with Crippen molar-refractivity contribution in [2.24, 2.45) is 0 Å². The number of nitrogens with one attached hydrogen (secondary N) is 1. The molecule has 112 valence electrons. The first-order valence-corrected chi connectivity index (χ1v) is 8.26. The Hall–Kier alpha value is -1.52. The van der Waals surface area contributed by atoms with Crippen molar-refractivity contribution in [2.45, 2.75) is 20.4 Å². The van der Waals surface area contributed by atoms with Crippen LogP contribution in [0.25, 0.3) is 0 Å². The van der Waals surface area contributed by atoms with Crippen LogP contribution in [0.1, 0.15) is 15.3 Å². The van der Waals surface area contributed by atoms with Gasteiger partial charge < -0.3 is 15.0 Å². The Labute approximate surface area is 130 Å². The van der Waals surface area contributed by atoms with Gasteiger partial charge in [0, 0.05) is 40.8 Å². The summed E-state index contributed by atoms with van der Waals surface area (Å²) < 4.78 is 5.39. The molecule has 1 aromatic carbocycles. The molecule has 1 aliphatic rings. The van der Waals surface area contributed by atoms with Gasteiger partial charge in [0.05, 0.1) is 13.2 Å². The van der Waals surface area contributed by atoms with E-state index in [1.165, 1.54) is 26.7 Å². The predicted molar refractivity (Wildman–Crippen MR) is 90.6 cm³/mol. The van der Waals surface area contributed by atoms with E-state index < -0.39 is 0 Å². The third-order valence-electron chi connectivity index (χ3n) is 3.87. The number of morpholine rings is 1. The SMILES string of the molecule is Cc1cc(CNc2ccc(N3CCOCC3)cc2)c(C)s1. The molecular weight excluding hydrogens is 280 g/mol. The van der Waals surface area contributed by atoms with Gasteiger partial charge in [-0.2, -0.15) is 0 Å². The summed E-state index contributed by atoms with van der Waals surface area (Å²) in [5, 5.41) is 3.51. The molecule has 0 spiro atoms. The van der Waals surface area contributed by atoms with Crippen LogP contribution in [-0.2, 0) is 11.3 Å². The first-order chi connectivity index (χ1) is 10.2. The molecule has 1 fully saturated rings. The number of thiophene rings is 1. The minimum atomic E-state index is 0.830. The summed E-state index contributed by atoms with van der Waals surface area (Å²) in [5.41, 5.74) is 3.86. The lowest BCUT2D eigenvalue weighted by Gasteiger charge is -2.28. The standard InChI is InChI=1S/C17H22N2OS/c1-13-11-15(14(2)21-13)12-18-16-3-5-17(6-4-16)19-7-9-20-10-8-19/h3-6,11,18H,7-10,12H2,1-2H3. The van der Waals surface area contributed by atoms with E-state index in [2.05, 4.69) is 54.4 Å². The number of ether oxygens (including phenoxy) is 1. The second kappa shape index (κ2) is 6.50. The average Bonchev–Trinajstić information content (AvgIpc) is 2.84. The van der Waals surface area contributed by atoms with Crippen molar-refractivity contribution in [2.75, 3.05) is 36.5 Å². The number of hydrogen-bond acceptors (Lipinski definition) is 4. The van der Waals surface area contributed by atoms with Crippen molar-refractivity contribution >= 4 is 22.7 Å². The van der Waals surface area contributed by atoms with Crippen LogP contribution in [0.15, 0.2) is 30.3 Å². The summed E-state index contributed by atoms with van der Waals surface area (Å²) in [6.07, 6.45) is 0. The van der Waals surface area contributed by atoms with Gasteiger partial charge >= 0.3 is 0 Å². The van der Waals surface area contributed by atoms with Crippen molar-refractivity contribution in [3.63, 3.8) is 0 Å². The minimum absolute atomic E-state index is 0.830. The Morgan fingerprint density at radius 3 is 2.48 bits per heavy atom. The Morgan fingerprint density at radius 1 is 1.14 bits per heavy atom. The summed E-state index contributed by atoms with van der Waals surface area (Å²) in [5.74, 6) is 0. The molecule has 2 heterocycles. The molecule has 0 amide bonds. The lowest BCUT2D eigenvalue weighted by atomic mass is 10.2. The van der Waals surface area contributed by atoms with Crippen LogP contribution in [0.3, 0.4) is 0 Å². The second-order valence-corrected chi connectivity index (χ2v) is 6.90. The highest BCUT2D eigenvalue weighted by atomic mass is 32.1. The van der Waals surface area contributed by atoms with Crippen LogP contribution < -0.4 is 10.2 Å². The fourth-order valence-corrected chi connectivity index (χ4v) is 3.61. The molecule has 0 radical (unpaired) electrons. The van der Waals surface area contributed by atoms with Crippen molar-refractivity contribution in [3.8, 4) is 0 Å². The zero-order chi connectivity index (χ0) is 14.7. The number of nitrogens with zero attached hydrogens (tertiary/aromatic N) is 1. The van der Waals surface area contributed by atoms with Crippen molar-refractivity contribution in [3.05, 3.63) is 45.6 Å². The van der Waals surface area contributed by atoms with E-state index in [0.717, 1.165) is 32.8 Å². The molecule has 1 aliphatic heterocycles. The maximum absolute atomic E-state index is 5.39. The zero-order valence-electron chi connectivity index (χ0n) is 12.7. The molecule has 3 rings (SSSR count). The maximum atomic E-state index is 5.39. The van der Waals surface area contributed by atoms with Gasteiger partial charge in [-0.1, -0.05) is 0 Å². The van der Waals surface area contributed by atoms with Crippen LogP contribution in [0.5, 0.6) is 0 Å². The van der Waals surface area contributed by atoms with Crippen molar-refractivity contribution < 1.29 is 4.74 Å². The largest absolute Gasteiger partial charge is 0.381 e. The van der Waals surface area contributed by atoms with Crippen LogP contribution in [0.2, 0.25) is 0 Å². The number of anilines is 2. The van der Waals surface area contributed by atoms with E-state index >= 15 is 0 Å². The number of benzene rings is 1. The van der Waals surface area contributed by atoms with Gasteiger partial charge in [0.15, 0.2) is 0 Å². The molecule has 0 bridgehead atoms. The number of hydrogen-bond donors (Lipinski definition) is 1. The predicted octanol–water partition coefficient (Wildman–Crippen LogP) is 3.81. The molecule has 1 saturated heterocycles. The van der Waals surface area contributed by atoms with Crippen LogP contribution in [0.4, 0.5) is 11.4 Å². The fourth-order valence-electron chi connectivity index (χ4n) is 2.67. The summed E-state index contributed by atoms with van der Waals surface area (Å²) in [6.45, 7) is 8.88. The van der Waals surface area contributed by atoms with Crippen LogP contribution in [-0.4, -0.2) is 26.3 Å². The Morgan fingerprint density at radius 2 is 1.86 bits per heavy atom. The van der Waals surface area contributed by atoms with Gasteiger partial charge in [-0.3, -0.25) is 0 Å². The van der Waals surface area contributed by atoms with Gasteiger partial charge in [0.2, 0.25) is 0 Å². The smallest absolute Gasteiger partial charge is 0.0642 e. The topological polar surface area (TPSA) is 24.5 Å². The van der Waals surface area contributed by atoms with E-state index in [4.69, 9.17) is 4.74 Å². The van der Waals surface area contributed by atoms with Gasteiger partial charge in [-0.25, -0.2) is 0 Å². The molecule has 0 aliphatic carbocycles. The van der Waals surface area contributed by atoms with Crippen LogP contribution >= 0.6 is 11.3 Å². The number of rotatable bonds is 4. The first-order valence-electron chi connectivity index (χ1n) is 7.45. The van der Waals surface area contributed by atoms with Crippen molar-refractivity contribution in [1.82, 2.24) is 0 Å². The van der Waals surface area contributed by atoms with Gasteiger partial charge in [-0.15, -0.1) is 11.3 Å². The second-order valence-electron chi connectivity index (χ2n) is 5.44. The van der Waals surface area contributed by atoms with E-state index in [1.54, 1.807) is 0 Å². The van der Waals surface area contributed by atoms with Gasteiger partial charge in [0.25, 0.3) is 0 Å². The van der Waals surface area contributed by atoms with Gasteiger partial charge in [-0.05, 0) is 49.7 Å². The molecule has 0 atom stereocenters. The third-order valence-corrected chi connectivity index (χ3v) is 4.88.